The number of H-pyrrole nitrogens is 2. The predicted octanol–water partition coefficient (Wildman–Crippen LogP) is 5.91. The van der Waals surface area contributed by atoms with Crippen LogP contribution >= 0.6 is 0 Å². The number of nitrogens with two attached hydrogens (primary N) is 1. The van der Waals surface area contributed by atoms with Crippen molar-refractivity contribution in [3.05, 3.63) is 102 Å². The van der Waals surface area contributed by atoms with Crippen LogP contribution in [0, 0.1) is 0 Å². The van der Waals surface area contributed by atoms with E-state index in [0.29, 0.717) is 13.1 Å². The molecule has 6 rings (SSSR count). The average Bonchev–Trinajstić information content (AvgIpc) is 3.69. The number of nitrogens with one attached hydrogen (secondary N) is 2. The molecule has 2 aromatic heterocycles. The standard InChI is InChI=1S/C21H24N2O2.C16H19N3O2/c1-16(24)23(15-18-8-3-6-12-21(18)25-2)13-7-9-17-14-22-20-11-5-4-10-19(17)20;1-21-12-2-3-15-13(8-12)14(9-18-15)11-4-6-19(7-5-11)10-16(17)20/h3-6,8,10-12,14,22H,7,9,13,15H2,1-2H3;2-4,8-9,18H,5-7,10H2,1H3,(H2,17,20). The number of carbonyl (C=O) groups excluding carboxylic acids is 2. The van der Waals surface area contributed by atoms with Crippen LogP contribution in [0.2, 0.25) is 0 Å². The van der Waals surface area contributed by atoms with Crippen LogP contribution in [0.1, 0.15) is 36.5 Å². The Balaban J connectivity index is 0.000000184. The van der Waals surface area contributed by atoms with Gasteiger partial charge in [0.05, 0.1) is 20.8 Å². The maximum atomic E-state index is 12.0. The molecule has 2 amide bonds. The summed E-state index contributed by atoms with van der Waals surface area (Å²) in [6.45, 7) is 4.87. The molecule has 1 aliphatic heterocycles. The summed E-state index contributed by atoms with van der Waals surface area (Å²) in [6.07, 6.45) is 9.07. The van der Waals surface area contributed by atoms with Gasteiger partial charge < -0.3 is 30.1 Å². The molecular weight excluding hydrogens is 578 g/mol. The zero-order chi connectivity index (χ0) is 32.5. The first kappa shape index (κ1) is 32.4. The SMILES string of the molecule is COc1ccc2[nH]cc(C3=CCN(CC(N)=O)CC3)c2c1.COc1ccccc1CN(CCCc1c[nH]c2ccccc12)C(C)=O. The molecule has 9 heteroatoms. The van der Waals surface area contributed by atoms with Crippen molar-refractivity contribution in [2.75, 3.05) is 40.4 Å². The molecule has 0 bridgehead atoms. The van der Waals surface area contributed by atoms with Gasteiger partial charge in [0.2, 0.25) is 11.8 Å². The number of ether oxygens (including phenoxy) is 2. The predicted molar refractivity (Wildman–Crippen MR) is 184 cm³/mol. The van der Waals surface area contributed by atoms with E-state index < -0.39 is 0 Å². The number of para-hydroxylation sites is 2. The van der Waals surface area contributed by atoms with Crippen LogP contribution in [0.4, 0.5) is 0 Å². The molecule has 0 fully saturated rings. The minimum absolute atomic E-state index is 0.0878. The van der Waals surface area contributed by atoms with E-state index >= 15 is 0 Å². The fraction of sp³-hybridized carbons (Fsp3) is 0.297. The van der Waals surface area contributed by atoms with Crippen molar-refractivity contribution in [1.82, 2.24) is 19.8 Å². The van der Waals surface area contributed by atoms with E-state index in [-0.39, 0.29) is 11.8 Å². The van der Waals surface area contributed by atoms with Crippen LogP contribution in [-0.4, -0.2) is 72.0 Å². The summed E-state index contributed by atoms with van der Waals surface area (Å²) in [5.41, 5.74) is 12.4. The third-order valence-electron chi connectivity index (χ3n) is 8.46. The maximum absolute atomic E-state index is 12.0. The topological polar surface area (TPSA) is 117 Å². The van der Waals surface area contributed by atoms with E-state index in [0.717, 1.165) is 67.0 Å². The summed E-state index contributed by atoms with van der Waals surface area (Å²) in [5.74, 6) is 1.49. The monoisotopic (exact) mass is 621 g/mol. The van der Waals surface area contributed by atoms with Gasteiger partial charge in [-0.05, 0) is 60.7 Å². The second-order valence-electron chi connectivity index (χ2n) is 11.5. The Labute approximate surface area is 270 Å². The molecule has 3 aromatic carbocycles. The maximum Gasteiger partial charge on any atom is 0.231 e. The van der Waals surface area contributed by atoms with Gasteiger partial charge >= 0.3 is 0 Å². The molecule has 3 heterocycles. The number of aromatic nitrogens is 2. The van der Waals surface area contributed by atoms with E-state index in [1.807, 2.05) is 53.6 Å². The van der Waals surface area contributed by atoms with Crippen molar-refractivity contribution in [3.63, 3.8) is 0 Å². The van der Waals surface area contributed by atoms with Gasteiger partial charge in [0.25, 0.3) is 0 Å². The molecular formula is C37H43N5O4. The average molecular weight is 622 g/mol. The van der Waals surface area contributed by atoms with Gasteiger partial charge in [-0.3, -0.25) is 14.5 Å². The second kappa shape index (κ2) is 15.3. The second-order valence-corrected chi connectivity index (χ2v) is 11.5. The fourth-order valence-electron chi connectivity index (χ4n) is 6.00. The van der Waals surface area contributed by atoms with Gasteiger partial charge in [0.1, 0.15) is 11.5 Å². The summed E-state index contributed by atoms with van der Waals surface area (Å²) in [7, 11) is 3.34. The number of benzene rings is 3. The quantitative estimate of drug-likeness (QED) is 0.170. The molecule has 5 aromatic rings. The number of aromatic amines is 2. The molecule has 0 spiro atoms. The number of carbonyl (C=O) groups is 2. The Kier molecular flexibility index (Phi) is 10.8. The fourth-order valence-corrected chi connectivity index (χ4v) is 6.00. The van der Waals surface area contributed by atoms with Gasteiger partial charge in [-0.2, -0.15) is 0 Å². The smallest absolute Gasteiger partial charge is 0.231 e. The van der Waals surface area contributed by atoms with Crippen LogP contribution in [0.25, 0.3) is 27.4 Å². The summed E-state index contributed by atoms with van der Waals surface area (Å²) in [6, 6.07) is 22.2. The van der Waals surface area contributed by atoms with Crippen LogP contribution in [0.5, 0.6) is 11.5 Å². The van der Waals surface area contributed by atoms with Gasteiger partial charge in [0, 0.05) is 78.4 Å². The Morgan fingerprint density at radius 2 is 1.67 bits per heavy atom. The molecule has 0 atom stereocenters. The lowest BCUT2D eigenvalue weighted by Crippen LogP contribution is -2.36. The Morgan fingerprint density at radius 3 is 2.41 bits per heavy atom. The molecule has 0 unspecified atom stereocenters. The lowest BCUT2D eigenvalue weighted by molar-refractivity contribution is -0.129. The van der Waals surface area contributed by atoms with E-state index in [1.165, 1.54) is 27.5 Å². The zero-order valence-electron chi connectivity index (χ0n) is 26.8. The number of rotatable bonds is 11. The summed E-state index contributed by atoms with van der Waals surface area (Å²) in [5, 5.41) is 2.44. The van der Waals surface area contributed by atoms with E-state index in [1.54, 1.807) is 21.1 Å². The zero-order valence-corrected chi connectivity index (χ0v) is 26.8. The lowest BCUT2D eigenvalue weighted by atomic mass is 9.99. The molecule has 1 aliphatic rings. The lowest BCUT2D eigenvalue weighted by Gasteiger charge is -2.24. The Morgan fingerprint density at radius 1 is 0.913 bits per heavy atom. The minimum Gasteiger partial charge on any atom is -0.497 e. The van der Waals surface area contributed by atoms with Crippen molar-refractivity contribution in [2.24, 2.45) is 5.73 Å². The number of hydrogen-bond acceptors (Lipinski definition) is 5. The third kappa shape index (κ3) is 7.97. The van der Waals surface area contributed by atoms with Gasteiger partial charge in [-0.25, -0.2) is 0 Å². The summed E-state index contributed by atoms with van der Waals surface area (Å²) < 4.78 is 10.7. The van der Waals surface area contributed by atoms with Crippen molar-refractivity contribution in [1.29, 1.82) is 0 Å². The highest BCUT2D eigenvalue weighted by molar-refractivity contribution is 5.93. The van der Waals surface area contributed by atoms with E-state index in [4.69, 9.17) is 15.2 Å². The molecule has 0 radical (unpaired) electrons. The number of nitrogens with zero attached hydrogens (tertiary/aromatic N) is 2. The molecule has 9 nitrogen and oxygen atoms in total. The largest absolute Gasteiger partial charge is 0.497 e. The number of primary amides is 1. The molecule has 0 saturated heterocycles. The van der Waals surface area contributed by atoms with Crippen molar-refractivity contribution in [3.8, 4) is 11.5 Å². The number of methoxy groups -OCH3 is 2. The minimum atomic E-state index is -0.274. The summed E-state index contributed by atoms with van der Waals surface area (Å²) >= 11 is 0. The first-order valence-electron chi connectivity index (χ1n) is 15.6. The third-order valence-corrected chi connectivity index (χ3v) is 8.46. The van der Waals surface area contributed by atoms with Gasteiger partial charge in [-0.15, -0.1) is 0 Å². The van der Waals surface area contributed by atoms with Gasteiger partial charge in [-0.1, -0.05) is 42.5 Å². The van der Waals surface area contributed by atoms with Crippen molar-refractivity contribution in [2.45, 2.75) is 32.7 Å². The number of fused-ring (bicyclic) bond motifs is 2. The number of hydrogen-bond donors (Lipinski definition) is 3. The van der Waals surface area contributed by atoms with E-state index in [9.17, 15) is 9.59 Å². The van der Waals surface area contributed by atoms with Gasteiger partial charge in [0.15, 0.2) is 0 Å². The van der Waals surface area contributed by atoms with Crippen molar-refractivity contribution >= 4 is 39.2 Å². The highest BCUT2D eigenvalue weighted by atomic mass is 16.5. The van der Waals surface area contributed by atoms with Crippen molar-refractivity contribution < 1.29 is 19.1 Å². The van der Waals surface area contributed by atoms with Crippen LogP contribution in [0.3, 0.4) is 0 Å². The highest BCUT2D eigenvalue weighted by Gasteiger charge is 2.17. The number of amides is 2. The van der Waals surface area contributed by atoms with Crippen LogP contribution in [-0.2, 0) is 22.6 Å². The molecule has 240 valence electrons. The molecule has 0 aliphatic carbocycles. The first-order chi connectivity index (χ1) is 22.4. The van der Waals surface area contributed by atoms with Crippen LogP contribution in [0.15, 0.2) is 85.2 Å². The molecule has 46 heavy (non-hydrogen) atoms. The normalized spacial score (nSPS) is 13.2. The van der Waals surface area contributed by atoms with Crippen LogP contribution < -0.4 is 15.2 Å². The molecule has 4 N–H and O–H groups in total. The highest BCUT2D eigenvalue weighted by Crippen LogP contribution is 2.31. The Bertz CT molecular complexity index is 1820. The van der Waals surface area contributed by atoms with E-state index in [2.05, 4.69) is 51.4 Å². The molecule has 0 saturated carbocycles. The Hall–Kier alpha value is -5.02. The first-order valence-corrected chi connectivity index (χ1v) is 15.6. The summed E-state index contributed by atoms with van der Waals surface area (Å²) in [4.78, 5) is 33.5. The number of aryl methyl sites for hydroxylation is 1.